The summed E-state index contributed by atoms with van der Waals surface area (Å²) in [6.45, 7) is 4.36. The molecule has 0 aromatic heterocycles. The molecule has 2 aromatic rings. The van der Waals surface area contributed by atoms with E-state index < -0.39 is 0 Å². The number of benzene rings is 2. The fourth-order valence-corrected chi connectivity index (χ4v) is 2.28. The minimum atomic E-state index is -0.0842. The number of rotatable bonds is 5. The Hall–Kier alpha value is -2.49. The Labute approximate surface area is 131 Å². The van der Waals surface area contributed by atoms with Gasteiger partial charge in [0.25, 0.3) is 5.91 Å². The number of methoxy groups -OCH3 is 2. The van der Waals surface area contributed by atoms with E-state index >= 15 is 0 Å². The summed E-state index contributed by atoms with van der Waals surface area (Å²) in [6, 6.07) is 11.3. The molecule has 116 valence electrons. The molecule has 0 saturated heterocycles. The van der Waals surface area contributed by atoms with Crippen LogP contribution in [-0.4, -0.2) is 20.1 Å². The van der Waals surface area contributed by atoms with Crippen molar-refractivity contribution in [2.75, 3.05) is 14.2 Å². The molecule has 0 atom stereocenters. The smallest absolute Gasteiger partial charge is 0.251 e. The molecule has 0 unspecified atom stereocenters. The predicted octanol–water partition coefficient (Wildman–Crippen LogP) is 3.25. The first-order valence-electron chi connectivity index (χ1n) is 7.12. The maximum Gasteiger partial charge on any atom is 0.251 e. The van der Waals surface area contributed by atoms with E-state index in [1.54, 1.807) is 20.3 Å². The quantitative estimate of drug-likeness (QED) is 0.922. The van der Waals surface area contributed by atoms with Gasteiger partial charge in [-0.2, -0.15) is 0 Å². The molecule has 0 aliphatic carbocycles. The summed E-state index contributed by atoms with van der Waals surface area (Å²) >= 11 is 0. The minimum absolute atomic E-state index is 0.0842. The number of nitrogens with one attached hydrogen (secondary N) is 1. The standard InChI is InChI=1S/C18H21NO3/c1-12-13(2)17(22-4)10-9-16(12)18(20)19-11-14-5-7-15(21-3)8-6-14/h5-10H,11H2,1-4H3,(H,19,20). The number of hydrogen-bond acceptors (Lipinski definition) is 3. The monoisotopic (exact) mass is 299 g/mol. The normalized spacial score (nSPS) is 10.2. The largest absolute Gasteiger partial charge is 0.497 e. The van der Waals surface area contributed by atoms with Gasteiger partial charge in [0, 0.05) is 12.1 Å². The second-order valence-corrected chi connectivity index (χ2v) is 5.10. The number of amides is 1. The van der Waals surface area contributed by atoms with Crippen LogP contribution in [0.2, 0.25) is 0 Å². The van der Waals surface area contributed by atoms with Gasteiger partial charge in [-0.05, 0) is 54.8 Å². The summed E-state index contributed by atoms with van der Waals surface area (Å²) in [5.74, 6) is 1.51. The molecule has 4 heteroatoms. The summed E-state index contributed by atoms with van der Waals surface area (Å²) < 4.78 is 10.4. The van der Waals surface area contributed by atoms with Crippen molar-refractivity contribution in [3.63, 3.8) is 0 Å². The molecule has 1 amide bonds. The summed E-state index contributed by atoms with van der Waals surface area (Å²) in [7, 11) is 3.26. The summed E-state index contributed by atoms with van der Waals surface area (Å²) in [5, 5.41) is 2.94. The van der Waals surface area contributed by atoms with Gasteiger partial charge >= 0.3 is 0 Å². The molecular weight excluding hydrogens is 278 g/mol. The zero-order valence-corrected chi connectivity index (χ0v) is 13.4. The average Bonchev–Trinajstić information content (AvgIpc) is 2.55. The molecule has 1 N–H and O–H groups in total. The molecule has 0 saturated carbocycles. The zero-order chi connectivity index (χ0) is 16.1. The lowest BCUT2D eigenvalue weighted by Gasteiger charge is -2.13. The first-order chi connectivity index (χ1) is 10.6. The highest BCUT2D eigenvalue weighted by molar-refractivity contribution is 5.96. The second-order valence-electron chi connectivity index (χ2n) is 5.10. The fraction of sp³-hybridized carbons (Fsp3) is 0.278. The van der Waals surface area contributed by atoms with Crippen LogP contribution in [-0.2, 0) is 6.54 Å². The molecule has 0 bridgehead atoms. The lowest BCUT2D eigenvalue weighted by Crippen LogP contribution is -2.23. The van der Waals surface area contributed by atoms with Crippen molar-refractivity contribution in [3.05, 3.63) is 58.7 Å². The van der Waals surface area contributed by atoms with Crippen LogP contribution in [0, 0.1) is 13.8 Å². The van der Waals surface area contributed by atoms with Crippen molar-refractivity contribution < 1.29 is 14.3 Å². The highest BCUT2D eigenvalue weighted by Gasteiger charge is 2.13. The van der Waals surface area contributed by atoms with Crippen molar-refractivity contribution in [1.82, 2.24) is 5.32 Å². The van der Waals surface area contributed by atoms with Crippen LogP contribution in [0.25, 0.3) is 0 Å². The van der Waals surface area contributed by atoms with E-state index in [1.165, 1.54) is 0 Å². The summed E-state index contributed by atoms with van der Waals surface area (Å²) in [5.41, 5.74) is 3.62. The second kappa shape index (κ2) is 6.98. The maximum atomic E-state index is 12.3. The predicted molar refractivity (Wildman–Crippen MR) is 86.6 cm³/mol. The van der Waals surface area contributed by atoms with Crippen LogP contribution in [0.1, 0.15) is 27.0 Å². The molecule has 2 aromatic carbocycles. The van der Waals surface area contributed by atoms with Crippen LogP contribution >= 0.6 is 0 Å². The number of carbonyl (C=O) groups excluding carboxylic acids is 1. The topological polar surface area (TPSA) is 47.6 Å². The fourth-order valence-electron chi connectivity index (χ4n) is 2.28. The van der Waals surface area contributed by atoms with E-state index in [9.17, 15) is 4.79 Å². The van der Waals surface area contributed by atoms with Crippen molar-refractivity contribution in [3.8, 4) is 11.5 Å². The van der Waals surface area contributed by atoms with Gasteiger partial charge in [-0.1, -0.05) is 12.1 Å². The number of carbonyl (C=O) groups is 1. The first-order valence-corrected chi connectivity index (χ1v) is 7.12. The molecule has 0 radical (unpaired) electrons. The molecular formula is C18H21NO3. The molecule has 2 rings (SSSR count). The Morgan fingerprint density at radius 2 is 1.64 bits per heavy atom. The molecule has 0 aliphatic rings. The van der Waals surface area contributed by atoms with Gasteiger partial charge in [0.1, 0.15) is 11.5 Å². The van der Waals surface area contributed by atoms with E-state index in [2.05, 4.69) is 5.32 Å². The van der Waals surface area contributed by atoms with Gasteiger partial charge in [-0.3, -0.25) is 4.79 Å². The Bertz CT molecular complexity index is 663. The molecule has 0 spiro atoms. The van der Waals surface area contributed by atoms with E-state index in [4.69, 9.17) is 9.47 Å². The van der Waals surface area contributed by atoms with Crippen LogP contribution in [0.5, 0.6) is 11.5 Å². The summed E-state index contributed by atoms with van der Waals surface area (Å²) in [6.07, 6.45) is 0. The van der Waals surface area contributed by atoms with Crippen molar-refractivity contribution in [2.24, 2.45) is 0 Å². The van der Waals surface area contributed by atoms with Crippen molar-refractivity contribution >= 4 is 5.91 Å². The molecule has 0 fully saturated rings. The van der Waals surface area contributed by atoms with E-state index in [-0.39, 0.29) is 5.91 Å². The Morgan fingerprint density at radius 3 is 2.23 bits per heavy atom. The van der Waals surface area contributed by atoms with Gasteiger partial charge in [0.2, 0.25) is 0 Å². The van der Waals surface area contributed by atoms with Crippen molar-refractivity contribution in [2.45, 2.75) is 20.4 Å². The third-order valence-electron chi connectivity index (χ3n) is 3.81. The number of hydrogen-bond donors (Lipinski definition) is 1. The van der Waals surface area contributed by atoms with E-state index in [0.717, 1.165) is 28.2 Å². The first kappa shape index (κ1) is 15.9. The van der Waals surface area contributed by atoms with Crippen molar-refractivity contribution in [1.29, 1.82) is 0 Å². The van der Waals surface area contributed by atoms with E-state index in [0.29, 0.717) is 12.1 Å². The Kier molecular flexibility index (Phi) is 5.04. The van der Waals surface area contributed by atoms with Crippen LogP contribution in [0.15, 0.2) is 36.4 Å². The highest BCUT2D eigenvalue weighted by Crippen LogP contribution is 2.23. The van der Waals surface area contributed by atoms with E-state index in [1.807, 2.05) is 44.2 Å². The SMILES string of the molecule is COc1ccc(CNC(=O)c2ccc(OC)c(C)c2C)cc1. The maximum absolute atomic E-state index is 12.3. The van der Waals surface area contributed by atoms with Gasteiger partial charge in [-0.15, -0.1) is 0 Å². The highest BCUT2D eigenvalue weighted by atomic mass is 16.5. The Balaban J connectivity index is 2.07. The zero-order valence-electron chi connectivity index (χ0n) is 13.4. The minimum Gasteiger partial charge on any atom is -0.497 e. The molecule has 0 heterocycles. The van der Waals surface area contributed by atoms with Gasteiger partial charge < -0.3 is 14.8 Å². The van der Waals surface area contributed by atoms with Crippen LogP contribution in [0.4, 0.5) is 0 Å². The lowest BCUT2D eigenvalue weighted by atomic mass is 10.0. The average molecular weight is 299 g/mol. The molecule has 0 aliphatic heterocycles. The lowest BCUT2D eigenvalue weighted by molar-refractivity contribution is 0.0950. The van der Waals surface area contributed by atoms with Crippen LogP contribution in [0.3, 0.4) is 0 Å². The molecule has 4 nitrogen and oxygen atoms in total. The van der Waals surface area contributed by atoms with Gasteiger partial charge in [-0.25, -0.2) is 0 Å². The van der Waals surface area contributed by atoms with Gasteiger partial charge in [0.15, 0.2) is 0 Å². The van der Waals surface area contributed by atoms with Gasteiger partial charge in [0.05, 0.1) is 14.2 Å². The third kappa shape index (κ3) is 3.39. The number of ether oxygens (including phenoxy) is 2. The Morgan fingerprint density at radius 1 is 0.955 bits per heavy atom. The third-order valence-corrected chi connectivity index (χ3v) is 3.81. The summed E-state index contributed by atoms with van der Waals surface area (Å²) in [4.78, 5) is 12.3. The van der Waals surface area contributed by atoms with Crippen LogP contribution < -0.4 is 14.8 Å². The molecule has 22 heavy (non-hydrogen) atoms.